The predicted octanol–water partition coefficient (Wildman–Crippen LogP) is 1.85. The van der Waals surface area contributed by atoms with Crippen LogP contribution in [0.15, 0.2) is 30.3 Å². The van der Waals surface area contributed by atoms with Crippen molar-refractivity contribution in [1.82, 2.24) is 4.90 Å². The fourth-order valence-corrected chi connectivity index (χ4v) is 2.89. The summed E-state index contributed by atoms with van der Waals surface area (Å²) in [6, 6.07) is 9.17. The molecule has 1 aromatic rings. The lowest BCUT2D eigenvalue weighted by atomic mass is 10.2. The number of ether oxygens (including phenoxy) is 1. The summed E-state index contributed by atoms with van der Waals surface area (Å²) in [5.41, 5.74) is 0.701. The number of ketones is 1. The Labute approximate surface area is 123 Å². The molecule has 1 saturated heterocycles. The molecule has 1 atom stereocenters. The maximum atomic E-state index is 12.0. The van der Waals surface area contributed by atoms with Crippen molar-refractivity contribution in [3.8, 4) is 0 Å². The van der Waals surface area contributed by atoms with E-state index in [-0.39, 0.29) is 17.8 Å². The molecule has 0 aliphatic carbocycles. The summed E-state index contributed by atoms with van der Waals surface area (Å²) in [5, 5.41) is 0. The zero-order valence-electron chi connectivity index (χ0n) is 11.6. The van der Waals surface area contributed by atoms with Gasteiger partial charge in [0.15, 0.2) is 5.78 Å². The zero-order chi connectivity index (χ0) is 14.4. The first kappa shape index (κ1) is 15.1. The standard InChI is InChI=1S/C15H19NO3S/c1-12-9-16(7-8-19-12)15(18)11-20-10-14(17)13-5-3-2-4-6-13/h2-6,12H,7-11H2,1H3/t12-/m1/s1. The molecule has 1 amide bonds. The van der Waals surface area contributed by atoms with Crippen LogP contribution in [0.3, 0.4) is 0 Å². The van der Waals surface area contributed by atoms with Crippen molar-refractivity contribution in [2.24, 2.45) is 0 Å². The molecule has 0 saturated carbocycles. The van der Waals surface area contributed by atoms with E-state index >= 15 is 0 Å². The Morgan fingerprint density at radius 1 is 1.30 bits per heavy atom. The van der Waals surface area contributed by atoms with Crippen LogP contribution in [0.25, 0.3) is 0 Å². The van der Waals surface area contributed by atoms with Crippen molar-refractivity contribution in [2.45, 2.75) is 13.0 Å². The van der Waals surface area contributed by atoms with Crippen molar-refractivity contribution in [3.05, 3.63) is 35.9 Å². The highest BCUT2D eigenvalue weighted by Gasteiger charge is 2.21. The lowest BCUT2D eigenvalue weighted by molar-refractivity contribution is -0.135. The van der Waals surface area contributed by atoms with Gasteiger partial charge in [-0.15, -0.1) is 11.8 Å². The van der Waals surface area contributed by atoms with Gasteiger partial charge in [0.2, 0.25) is 5.91 Å². The monoisotopic (exact) mass is 293 g/mol. The van der Waals surface area contributed by atoms with Gasteiger partial charge in [-0.05, 0) is 6.92 Å². The second-order valence-corrected chi connectivity index (χ2v) is 5.79. The molecule has 2 rings (SSSR count). The number of morpholine rings is 1. The summed E-state index contributed by atoms with van der Waals surface area (Å²) in [4.78, 5) is 25.7. The first-order valence-electron chi connectivity index (χ1n) is 6.72. The van der Waals surface area contributed by atoms with Gasteiger partial charge in [-0.3, -0.25) is 9.59 Å². The van der Waals surface area contributed by atoms with Gasteiger partial charge in [0.1, 0.15) is 0 Å². The molecule has 1 fully saturated rings. The number of benzene rings is 1. The van der Waals surface area contributed by atoms with E-state index in [1.807, 2.05) is 30.0 Å². The Bertz CT molecular complexity index is 463. The molecule has 0 N–H and O–H groups in total. The molecule has 0 unspecified atom stereocenters. The number of thioether (sulfide) groups is 1. The largest absolute Gasteiger partial charge is 0.375 e. The first-order chi connectivity index (χ1) is 9.66. The Kier molecular flexibility index (Phi) is 5.61. The van der Waals surface area contributed by atoms with Crippen LogP contribution in [0.2, 0.25) is 0 Å². The summed E-state index contributed by atoms with van der Waals surface area (Å²) >= 11 is 1.38. The van der Waals surface area contributed by atoms with Crippen LogP contribution < -0.4 is 0 Å². The molecule has 0 aromatic heterocycles. The van der Waals surface area contributed by atoms with Gasteiger partial charge >= 0.3 is 0 Å². The fraction of sp³-hybridized carbons (Fsp3) is 0.467. The van der Waals surface area contributed by atoms with Crippen LogP contribution in [-0.2, 0) is 9.53 Å². The minimum Gasteiger partial charge on any atom is -0.375 e. The Hall–Kier alpha value is -1.33. The third-order valence-electron chi connectivity index (χ3n) is 3.15. The van der Waals surface area contributed by atoms with Crippen LogP contribution in [-0.4, -0.2) is 53.9 Å². The number of amides is 1. The average molecular weight is 293 g/mol. The first-order valence-corrected chi connectivity index (χ1v) is 7.87. The molecule has 5 heteroatoms. The normalized spacial score (nSPS) is 18.9. The molecule has 0 spiro atoms. The zero-order valence-corrected chi connectivity index (χ0v) is 12.4. The third-order valence-corrected chi connectivity index (χ3v) is 4.07. The maximum Gasteiger partial charge on any atom is 0.232 e. The van der Waals surface area contributed by atoms with Crippen molar-refractivity contribution in [2.75, 3.05) is 31.2 Å². The Morgan fingerprint density at radius 2 is 2.05 bits per heavy atom. The van der Waals surface area contributed by atoms with Crippen molar-refractivity contribution < 1.29 is 14.3 Å². The fourth-order valence-electron chi connectivity index (χ4n) is 2.07. The maximum absolute atomic E-state index is 12.0. The summed E-state index contributed by atoms with van der Waals surface area (Å²) in [6.07, 6.45) is 0.101. The predicted molar refractivity (Wildman–Crippen MR) is 80.1 cm³/mol. The van der Waals surface area contributed by atoms with E-state index in [9.17, 15) is 9.59 Å². The van der Waals surface area contributed by atoms with Gasteiger partial charge in [0, 0.05) is 18.7 Å². The van der Waals surface area contributed by atoms with Crippen LogP contribution in [0.5, 0.6) is 0 Å². The molecular weight excluding hydrogens is 274 g/mol. The molecule has 20 heavy (non-hydrogen) atoms. The number of rotatable bonds is 5. The van der Waals surface area contributed by atoms with E-state index in [4.69, 9.17) is 4.74 Å². The number of nitrogens with zero attached hydrogens (tertiary/aromatic N) is 1. The number of hydrogen-bond donors (Lipinski definition) is 0. The molecular formula is C15H19NO3S. The van der Waals surface area contributed by atoms with Gasteiger partial charge in [0.25, 0.3) is 0 Å². The molecule has 1 aliphatic rings. The third kappa shape index (κ3) is 4.35. The molecule has 108 valence electrons. The number of hydrogen-bond acceptors (Lipinski definition) is 4. The van der Waals surface area contributed by atoms with E-state index in [1.54, 1.807) is 12.1 Å². The molecule has 1 aliphatic heterocycles. The average Bonchev–Trinajstić information content (AvgIpc) is 2.48. The smallest absolute Gasteiger partial charge is 0.232 e. The highest BCUT2D eigenvalue weighted by atomic mass is 32.2. The Morgan fingerprint density at radius 3 is 2.75 bits per heavy atom. The second kappa shape index (κ2) is 7.45. The molecule has 0 radical (unpaired) electrons. The highest BCUT2D eigenvalue weighted by molar-refractivity contribution is 8.00. The summed E-state index contributed by atoms with van der Waals surface area (Å²) in [6.45, 7) is 3.86. The SMILES string of the molecule is C[C@@H]1CN(C(=O)CSCC(=O)c2ccccc2)CCO1. The lowest BCUT2D eigenvalue weighted by Crippen LogP contribution is -2.45. The van der Waals surface area contributed by atoms with Crippen molar-refractivity contribution in [3.63, 3.8) is 0 Å². The van der Waals surface area contributed by atoms with Gasteiger partial charge in [-0.2, -0.15) is 0 Å². The number of carbonyl (C=O) groups excluding carboxylic acids is 2. The molecule has 0 bridgehead atoms. The second-order valence-electron chi connectivity index (χ2n) is 4.80. The van der Waals surface area contributed by atoms with E-state index in [0.717, 1.165) is 0 Å². The van der Waals surface area contributed by atoms with Gasteiger partial charge in [-0.25, -0.2) is 0 Å². The summed E-state index contributed by atoms with van der Waals surface area (Å²) < 4.78 is 5.40. The van der Waals surface area contributed by atoms with E-state index in [0.29, 0.717) is 36.8 Å². The van der Waals surface area contributed by atoms with Crippen LogP contribution in [0.4, 0.5) is 0 Å². The Balaban J connectivity index is 1.73. The van der Waals surface area contributed by atoms with Crippen LogP contribution >= 0.6 is 11.8 Å². The van der Waals surface area contributed by atoms with Crippen molar-refractivity contribution in [1.29, 1.82) is 0 Å². The van der Waals surface area contributed by atoms with Crippen LogP contribution in [0, 0.1) is 0 Å². The number of Topliss-reactive ketones (excluding diaryl/α,β-unsaturated/α-hetero) is 1. The van der Waals surface area contributed by atoms with E-state index < -0.39 is 0 Å². The topological polar surface area (TPSA) is 46.6 Å². The quantitative estimate of drug-likeness (QED) is 0.777. The van der Waals surface area contributed by atoms with Gasteiger partial charge < -0.3 is 9.64 Å². The summed E-state index contributed by atoms with van der Waals surface area (Å²) in [5.74, 6) is 0.853. The highest BCUT2D eigenvalue weighted by Crippen LogP contribution is 2.10. The van der Waals surface area contributed by atoms with Crippen LogP contribution in [0.1, 0.15) is 17.3 Å². The molecule has 4 nitrogen and oxygen atoms in total. The molecule has 1 aromatic carbocycles. The van der Waals surface area contributed by atoms with E-state index in [2.05, 4.69) is 0 Å². The molecule has 1 heterocycles. The lowest BCUT2D eigenvalue weighted by Gasteiger charge is -2.31. The minimum atomic E-state index is 0.0683. The number of carbonyl (C=O) groups is 2. The van der Waals surface area contributed by atoms with Gasteiger partial charge in [0.05, 0.1) is 24.2 Å². The summed E-state index contributed by atoms with van der Waals surface area (Å²) in [7, 11) is 0. The minimum absolute atomic E-state index is 0.0683. The van der Waals surface area contributed by atoms with E-state index in [1.165, 1.54) is 11.8 Å². The van der Waals surface area contributed by atoms with Gasteiger partial charge in [-0.1, -0.05) is 30.3 Å². The van der Waals surface area contributed by atoms with Crippen molar-refractivity contribution >= 4 is 23.5 Å².